The summed E-state index contributed by atoms with van der Waals surface area (Å²) in [5, 5.41) is 4.08. The van der Waals surface area contributed by atoms with Crippen LogP contribution in [0.1, 0.15) is 18.9 Å². The van der Waals surface area contributed by atoms with Crippen LogP contribution in [0.15, 0.2) is 53.4 Å². The minimum atomic E-state index is -0.989. The molecule has 0 bridgehead atoms. The molecule has 1 aliphatic heterocycles. The summed E-state index contributed by atoms with van der Waals surface area (Å²) < 4.78 is 0. The average molecular weight is 409 g/mol. The Labute approximate surface area is 166 Å². The zero-order chi connectivity index (χ0) is 18.7. The van der Waals surface area contributed by atoms with Crippen LogP contribution in [0.25, 0.3) is 0 Å². The van der Waals surface area contributed by atoms with E-state index in [4.69, 9.17) is 23.2 Å². The molecule has 0 spiro atoms. The highest BCUT2D eigenvalue weighted by atomic mass is 35.5. The number of benzene rings is 2. The molecular weight excluding hydrogens is 391 g/mol. The predicted molar refractivity (Wildman–Crippen MR) is 106 cm³/mol. The molecule has 7 heteroatoms. The molecule has 1 fully saturated rings. The van der Waals surface area contributed by atoms with Gasteiger partial charge < -0.3 is 5.32 Å². The first-order valence-electron chi connectivity index (χ1n) is 8.25. The van der Waals surface area contributed by atoms with Crippen LogP contribution in [0.5, 0.6) is 0 Å². The molecule has 3 amide bonds. The van der Waals surface area contributed by atoms with Gasteiger partial charge in [0.25, 0.3) is 5.91 Å². The van der Waals surface area contributed by atoms with Crippen molar-refractivity contribution < 1.29 is 9.59 Å². The monoisotopic (exact) mass is 408 g/mol. The van der Waals surface area contributed by atoms with Gasteiger partial charge in [0, 0.05) is 22.2 Å². The molecule has 136 valence electrons. The molecule has 0 radical (unpaired) electrons. The van der Waals surface area contributed by atoms with E-state index in [1.54, 1.807) is 18.2 Å². The van der Waals surface area contributed by atoms with Crippen LogP contribution in [0, 0.1) is 0 Å². The second-order valence-electron chi connectivity index (χ2n) is 5.94. The number of imide groups is 1. The van der Waals surface area contributed by atoms with Crippen molar-refractivity contribution in [1.82, 2.24) is 10.2 Å². The number of hydrogen-bond donors (Lipinski definition) is 1. The van der Waals surface area contributed by atoms with Crippen LogP contribution in [-0.4, -0.2) is 29.1 Å². The largest absolute Gasteiger partial charge is 0.325 e. The van der Waals surface area contributed by atoms with Crippen LogP contribution in [0.2, 0.25) is 10.0 Å². The Bertz CT molecular complexity index is 832. The quantitative estimate of drug-likeness (QED) is 0.543. The number of hydrogen-bond acceptors (Lipinski definition) is 3. The first-order valence-corrected chi connectivity index (χ1v) is 9.99. The lowest BCUT2D eigenvalue weighted by Crippen LogP contribution is -2.43. The molecule has 4 nitrogen and oxygen atoms in total. The number of halogens is 2. The number of nitrogens with one attached hydrogen (secondary N) is 1. The van der Waals surface area contributed by atoms with E-state index in [0.29, 0.717) is 28.8 Å². The summed E-state index contributed by atoms with van der Waals surface area (Å²) in [6, 6.07) is 14.2. The molecule has 26 heavy (non-hydrogen) atoms. The zero-order valence-electron chi connectivity index (χ0n) is 14.2. The SMILES string of the molecule is CC[C@]1(c2ccccc2)NC(=O)N(CCSc2cc(Cl)ccc2Cl)C1=O. The maximum atomic E-state index is 13.0. The lowest BCUT2D eigenvalue weighted by atomic mass is 9.87. The second kappa shape index (κ2) is 7.91. The molecule has 0 aliphatic carbocycles. The molecule has 1 N–H and O–H groups in total. The molecular formula is C19H18Cl2N2O2S. The van der Waals surface area contributed by atoms with Gasteiger partial charge in [0.2, 0.25) is 0 Å². The lowest BCUT2D eigenvalue weighted by Gasteiger charge is -2.25. The Hall–Kier alpha value is -1.69. The van der Waals surface area contributed by atoms with Crippen molar-refractivity contribution in [3.05, 3.63) is 64.1 Å². The van der Waals surface area contributed by atoms with Crippen molar-refractivity contribution in [3.63, 3.8) is 0 Å². The fourth-order valence-electron chi connectivity index (χ4n) is 3.03. The molecule has 2 aromatic carbocycles. The van der Waals surface area contributed by atoms with Gasteiger partial charge in [-0.05, 0) is 30.2 Å². The molecule has 1 saturated heterocycles. The first-order chi connectivity index (χ1) is 12.5. The lowest BCUT2D eigenvalue weighted by molar-refractivity contribution is -0.131. The van der Waals surface area contributed by atoms with Crippen molar-refractivity contribution in [2.45, 2.75) is 23.8 Å². The minimum Gasteiger partial charge on any atom is -0.319 e. The highest BCUT2D eigenvalue weighted by Gasteiger charge is 2.50. The fourth-order valence-corrected chi connectivity index (χ4v) is 4.45. The summed E-state index contributed by atoms with van der Waals surface area (Å²) in [4.78, 5) is 27.6. The molecule has 1 heterocycles. The van der Waals surface area contributed by atoms with Crippen molar-refractivity contribution in [2.24, 2.45) is 0 Å². The second-order valence-corrected chi connectivity index (χ2v) is 7.92. The molecule has 3 rings (SSSR count). The van der Waals surface area contributed by atoms with E-state index in [-0.39, 0.29) is 11.9 Å². The number of nitrogens with zero attached hydrogens (tertiary/aromatic N) is 1. The van der Waals surface area contributed by atoms with E-state index >= 15 is 0 Å². The van der Waals surface area contributed by atoms with Gasteiger partial charge in [-0.1, -0.05) is 60.5 Å². The molecule has 0 unspecified atom stereocenters. The third kappa shape index (κ3) is 3.56. The number of amides is 3. The average Bonchev–Trinajstić information content (AvgIpc) is 2.90. The van der Waals surface area contributed by atoms with Crippen LogP contribution in [-0.2, 0) is 10.3 Å². The van der Waals surface area contributed by atoms with Gasteiger partial charge in [-0.2, -0.15) is 0 Å². The highest BCUT2D eigenvalue weighted by molar-refractivity contribution is 7.99. The predicted octanol–water partition coefficient (Wildman–Crippen LogP) is 4.94. The van der Waals surface area contributed by atoms with Gasteiger partial charge in [-0.15, -0.1) is 11.8 Å². The molecule has 0 aromatic heterocycles. The van der Waals surface area contributed by atoms with Crippen molar-refractivity contribution >= 4 is 46.9 Å². The van der Waals surface area contributed by atoms with Crippen LogP contribution < -0.4 is 5.32 Å². The minimum absolute atomic E-state index is 0.214. The summed E-state index contributed by atoms with van der Waals surface area (Å²) in [6.45, 7) is 2.20. The van der Waals surface area contributed by atoms with Crippen LogP contribution in [0.4, 0.5) is 4.79 Å². The number of thioether (sulfide) groups is 1. The standard InChI is InChI=1S/C19H18Cl2N2O2S/c1-2-19(13-6-4-3-5-7-13)17(24)23(18(25)22-19)10-11-26-16-12-14(20)8-9-15(16)21/h3-9,12H,2,10-11H2,1H3,(H,22,25)/t19-/m1/s1. The Balaban J connectivity index is 1.72. The maximum absolute atomic E-state index is 13.0. The fraction of sp³-hybridized carbons (Fsp3) is 0.263. The maximum Gasteiger partial charge on any atom is 0.325 e. The smallest absolute Gasteiger partial charge is 0.319 e. The van der Waals surface area contributed by atoms with E-state index in [1.165, 1.54) is 16.7 Å². The van der Waals surface area contributed by atoms with E-state index < -0.39 is 5.54 Å². The number of urea groups is 1. The van der Waals surface area contributed by atoms with Gasteiger partial charge in [-0.25, -0.2) is 4.79 Å². The third-order valence-corrected chi connectivity index (χ3v) is 6.15. The molecule has 1 atom stereocenters. The normalized spacial score (nSPS) is 19.7. The van der Waals surface area contributed by atoms with E-state index in [9.17, 15) is 9.59 Å². The summed E-state index contributed by atoms with van der Waals surface area (Å²) in [7, 11) is 0. The van der Waals surface area contributed by atoms with Gasteiger partial charge in [0.15, 0.2) is 0 Å². The molecule has 1 aliphatic rings. The summed E-state index contributed by atoms with van der Waals surface area (Å²) >= 11 is 13.6. The van der Waals surface area contributed by atoms with E-state index in [0.717, 1.165) is 10.5 Å². The Morgan fingerprint density at radius 3 is 2.54 bits per heavy atom. The van der Waals surface area contributed by atoms with Gasteiger partial charge in [0.05, 0.1) is 5.02 Å². The van der Waals surface area contributed by atoms with Gasteiger partial charge in [0.1, 0.15) is 5.54 Å². The van der Waals surface area contributed by atoms with Crippen molar-refractivity contribution in [2.75, 3.05) is 12.3 Å². The first kappa shape index (κ1) is 19.1. The third-order valence-electron chi connectivity index (χ3n) is 4.44. The van der Waals surface area contributed by atoms with Gasteiger partial charge >= 0.3 is 6.03 Å². The van der Waals surface area contributed by atoms with E-state index in [2.05, 4.69) is 5.32 Å². The van der Waals surface area contributed by atoms with E-state index in [1.807, 2.05) is 37.3 Å². The zero-order valence-corrected chi connectivity index (χ0v) is 16.5. The Morgan fingerprint density at radius 1 is 1.12 bits per heavy atom. The van der Waals surface area contributed by atoms with Crippen molar-refractivity contribution in [3.8, 4) is 0 Å². The van der Waals surface area contributed by atoms with Crippen LogP contribution >= 0.6 is 35.0 Å². The molecule has 0 saturated carbocycles. The number of carbonyl (C=O) groups excluding carboxylic acids is 2. The topological polar surface area (TPSA) is 49.4 Å². The summed E-state index contributed by atoms with van der Waals surface area (Å²) in [5.41, 5.74) is -0.189. The van der Waals surface area contributed by atoms with Crippen LogP contribution in [0.3, 0.4) is 0 Å². The number of carbonyl (C=O) groups is 2. The number of rotatable bonds is 6. The summed E-state index contributed by atoms with van der Waals surface area (Å²) in [6.07, 6.45) is 0.491. The Kier molecular flexibility index (Phi) is 5.80. The molecule has 2 aromatic rings. The van der Waals surface area contributed by atoms with Gasteiger partial charge in [-0.3, -0.25) is 9.69 Å². The Morgan fingerprint density at radius 2 is 1.85 bits per heavy atom. The summed E-state index contributed by atoms with van der Waals surface area (Å²) in [5.74, 6) is 0.322. The highest BCUT2D eigenvalue weighted by Crippen LogP contribution is 2.33. The van der Waals surface area contributed by atoms with Crippen molar-refractivity contribution in [1.29, 1.82) is 0 Å².